The lowest BCUT2D eigenvalue weighted by atomic mass is 10.0. The maximum absolute atomic E-state index is 11.9. The second-order valence-electron chi connectivity index (χ2n) is 4.91. The van der Waals surface area contributed by atoms with Crippen molar-refractivity contribution in [3.05, 3.63) is 48.0 Å². The van der Waals surface area contributed by atoms with Crippen LogP contribution in [0.25, 0.3) is 10.8 Å². The number of benzene rings is 2. The minimum Gasteiger partial charge on any atom is -0.381 e. The van der Waals surface area contributed by atoms with Gasteiger partial charge in [-0.3, -0.25) is 4.79 Å². The van der Waals surface area contributed by atoms with E-state index in [-0.39, 0.29) is 11.9 Å². The van der Waals surface area contributed by atoms with Gasteiger partial charge in [-0.25, -0.2) is 0 Å². The van der Waals surface area contributed by atoms with Crippen LogP contribution in [0.4, 0.5) is 0 Å². The first kappa shape index (κ1) is 15.5. The molecule has 4 heteroatoms. The maximum Gasteiger partial charge on any atom is 0.222 e. The van der Waals surface area contributed by atoms with E-state index in [9.17, 15) is 4.79 Å². The van der Waals surface area contributed by atoms with Crippen molar-refractivity contribution in [2.45, 2.75) is 19.4 Å². The quantitative estimate of drug-likeness (QED) is 0.768. The van der Waals surface area contributed by atoms with Crippen LogP contribution >= 0.6 is 0 Å². The van der Waals surface area contributed by atoms with E-state index in [0.29, 0.717) is 26.2 Å². The summed E-state index contributed by atoms with van der Waals surface area (Å²) in [6, 6.07) is 14.1. The highest BCUT2D eigenvalue weighted by atomic mass is 16.5. The largest absolute Gasteiger partial charge is 0.381 e. The standard InChI is InChI=1S/C17H22N2O2/c1-2-21-10-9-17(20)19-16(12-18)15-8-7-13-5-3-4-6-14(13)11-15/h3-8,11,16H,2,9-10,12,18H2,1H3,(H,19,20). The molecule has 0 radical (unpaired) electrons. The fourth-order valence-corrected chi connectivity index (χ4v) is 2.28. The zero-order valence-electron chi connectivity index (χ0n) is 12.3. The summed E-state index contributed by atoms with van der Waals surface area (Å²) < 4.78 is 5.19. The van der Waals surface area contributed by atoms with Crippen LogP contribution in [0.15, 0.2) is 42.5 Å². The van der Waals surface area contributed by atoms with Crippen molar-refractivity contribution in [2.24, 2.45) is 5.73 Å². The summed E-state index contributed by atoms with van der Waals surface area (Å²) in [5.41, 5.74) is 6.83. The van der Waals surface area contributed by atoms with E-state index in [2.05, 4.69) is 29.6 Å². The molecule has 0 heterocycles. The van der Waals surface area contributed by atoms with E-state index >= 15 is 0 Å². The lowest BCUT2D eigenvalue weighted by Crippen LogP contribution is -2.33. The van der Waals surface area contributed by atoms with Gasteiger partial charge in [-0.2, -0.15) is 0 Å². The molecule has 1 unspecified atom stereocenters. The number of hydrogen-bond acceptors (Lipinski definition) is 3. The van der Waals surface area contributed by atoms with Crippen molar-refractivity contribution in [1.29, 1.82) is 0 Å². The molecule has 0 saturated carbocycles. The summed E-state index contributed by atoms with van der Waals surface area (Å²) in [6.07, 6.45) is 0.359. The minimum atomic E-state index is -0.163. The molecule has 4 nitrogen and oxygen atoms in total. The van der Waals surface area contributed by atoms with Crippen molar-refractivity contribution in [3.8, 4) is 0 Å². The smallest absolute Gasteiger partial charge is 0.222 e. The topological polar surface area (TPSA) is 64.3 Å². The number of carbonyl (C=O) groups excluding carboxylic acids is 1. The van der Waals surface area contributed by atoms with Gasteiger partial charge in [0.25, 0.3) is 0 Å². The fourth-order valence-electron chi connectivity index (χ4n) is 2.28. The number of fused-ring (bicyclic) bond motifs is 1. The third kappa shape index (κ3) is 4.28. The molecule has 1 atom stereocenters. The van der Waals surface area contributed by atoms with Crippen LogP contribution in [0.1, 0.15) is 24.9 Å². The number of amides is 1. The molecular weight excluding hydrogens is 264 g/mol. The van der Waals surface area contributed by atoms with Gasteiger partial charge in [-0.1, -0.05) is 36.4 Å². The Hall–Kier alpha value is -1.91. The summed E-state index contributed by atoms with van der Waals surface area (Å²) in [4.78, 5) is 11.9. The predicted octanol–water partition coefficient (Wildman–Crippen LogP) is 2.38. The lowest BCUT2D eigenvalue weighted by Gasteiger charge is -2.18. The number of rotatable bonds is 7. The minimum absolute atomic E-state index is 0.0351. The normalized spacial score (nSPS) is 12.3. The zero-order valence-corrected chi connectivity index (χ0v) is 12.3. The summed E-state index contributed by atoms with van der Waals surface area (Å²) in [7, 11) is 0. The molecule has 0 aliphatic carbocycles. The SMILES string of the molecule is CCOCCC(=O)NC(CN)c1ccc2ccccc2c1. The first-order valence-electron chi connectivity index (χ1n) is 7.30. The van der Waals surface area contributed by atoms with E-state index in [1.54, 1.807) is 0 Å². The molecule has 112 valence electrons. The van der Waals surface area contributed by atoms with Crippen molar-refractivity contribution in [2.75, 3.05) is 19.8 Å². The maximum atomic E-state index is 11.9. The molecule has 0 saturated heterocycles. The van der Waals surface area contributed by atoms with Crippen molar-refractivity contribution in [3.63, 3.8) is 0 Å². The highest BCUT2D eigenvalue weighted by Crippen LogP contribution is 2.20. The van der Waals surface area contributed by atoms with Gasteiger partial charge in [0, 0.05) is 19.6 Å². The van der Waals surface area contributed by atoms with Crippen LogP contribution < -0.4 is 11.1 Å². The van der Waals surface area contributed by atoms with Crippen LogP contribution in [-0.4, -0.2) is 25.7 Å². The van der Waals surface area contributed by atoms with E-state index in [1.165, 1.54) is 5.39 Å². The van der Waals surface area contributed by atoms with Crippen LogP contribution in [0.5, 0.6) is 0 Å². The molecular formula is C17H22N2O2. The summed E-state index contributed by atoms with van der Waals surface area (Å²) >= 11 is 0. The average Bonchev–Trinajstić information content (AvgIpc) is 2.52. The average molecular weight is 286 g/mol. The molecule has 2 aromatic rings. The van der Waals surface area contributed by atoms with E-state index in [0.717, 1.165) is 10.9 Å². The molecule has 2 rings (SSSR count). The van der Waals surface area contributed by atoms with Crippen LogP contribution in [0, 0.1) is 0 Å². The molecule has 1 amide bonds. The monoisotopic (exact) mass is 286 g/mol. The van der Waals surface area contributed by atoms with E-state index in [4.69, 9.17) is 10.5 Å². The molecule has 0 fully saturated rings. The second-order valence-corrected chi connectivity index (χ2v) is 4.91. The Kier molecular flexibility index (Phi) is 5.72. The highest BCUT2D eigenvalue weighted by molar-refractivity contribution is 5.83. The Balaban J connectivity index is 2.06. The van der Waals surface area contributed by atoms with Crippen molar-refractivity contribution in [1.82, 2.24) is 5.32 Å². The molecule has 3 N–H and O–H groups in total. The molecule has 0 spiro atoms. The number of carbonyl (C=O) groups is 1. The first-order valence-corrected chi connectivity index (χ1v) is 7.30. The van der Waals surface area contributed by atoms with Gasteiger partial charge in [0.15, 0.2) is 0 Å². The van der Waals surface area contributed by atoms with E-state index in [1.807, 2.05) is 25.1 Å². The van der Waals surface area contributed by atoms with Crippen molar-refractivity contribution >= 4 is 16.7 Å². The third-order valence-corrected chi connectivity index (χ3v) is 3.42. The predicted molar refractivity (Wildman–Crippen MR) is 85.0 cm³/mol. The van der Waals surface area contributed by atoms with Gasteiger partial charge in [0.1, 0.15) is 0 Å². The van der Waals surface area contributed by atoms with E-state index < -0.39 is 0 Å². The Labute approximate surface area is 125 Å². The lowest BCUT2D eigenvalue weighted by molar-refractivity contribution is -0.122. The Morgan fingerprint density at radius 2 is 2.00 bits per heavy atom. The molecule has 2 aromatic carbocycles. The van der Waals surface area contributed by atoms with Gasteiger partial charge < -0.3 is 15.8 Å². The van der Waals surface area contributed by atoms with Crippen LogP contribution in [0.3, 0.4) is 0 Å². The number of nitrogens with two attached hydrogens (primary N) is 1. The van der Waals surface area contributed by atoms with Crippen LogP contribution in [-0.2, 0) is 9.53 Å². The Bertz CT molecular complexity index is 598. The summed E-state index contributed by atoms with van der Waals surface area (Å²) in [5, 5.41) is 5.29. The third-order valence-electron chi connectivity index (χ3n) is 3.42. The van der Waals surface area contributed by atoms with Crippen molar-refractivity contribution < 1.29 is 9.53 Å². The van der Waals surface area contributed by atoms with Gasteiger partial charge >= 0.3 is 0 Å². The molecule has 0 aliphatic rings. The fraction of sp³-hybridized carbons (Fsp3) is 0.353. The Morgan fingerprint density at radius 3 is 2.71 bits per heavy atom. The molecule has 0 aromatic heterocycles. The summed E-state index contributed by atoms with van der Waals surface area (Å²) in [6.45, 7) is 3.35. The van der Waals surface area contributed by atoms with Gasteiger partial charge in [-0.15, -0.1) is 0 Å². The summed E-state index contributed by atoms with van der Waals surface area (Å²) in [5.74, 6) is -0.0351. The first-order chi connectivity index (χ1) is 10.2. The number of nitrogens with one attached hydrogen (secondary N) is 1. The second kappa shape index (κ2) is 7.76. The number of ether oxygens (including phenoxy) is 1. The van der Waals surface area contributed by atoms with Crippen LogP contribution in [0.2, 0.25) is 0 Å². The zero-order chi connectivity index (χ0) is 15.1. The highest BCUT2D eigenvalue weighted by Gasteiger charge is 2.13. The molecule has 0 aliphatic heterocycles. The number of hydrogen-bond donors (Lipinski definition) is 2. The van der Waals surface area contributed by atoms with Gasteiger partial charge in [0.05, 0.1) is 12.6 Å². The molecule has 21 heavy (non-hydrogen) atoms. The Morgan fingerprint density at radius 1 is 1.24 bits per heavy atom. The molecule has 0 bridgehead atoms. The van der Waals surface area contributed by atoms with Gasteiger partial charge in [0.2, 0.25) is 5.91 Å². The van der Waals surface area contributed by atoms with Gasteiger partial charge in [-0.05, 0) is 29.3 Å².